The van der Waals surface area contributed by atoms with Crippen LogP contribution < -0.4 is 16.4 Å². The summed E-state index contributed by atoms with van der Waals surface area (Å²) in [7, 11) is 0. The Morgan fingerprint density at radius 1 is 1.39 bits per heavy atom. The molecule has 0 spiro atoms. The largest absolute Gasteiger partial charge is 0.354 e. The standard InChI is InChI=1S/C13H17N3O2/c14-11(9-5-2-1-3-6-9)13(18)16-10-7-4-8-15-12(10)17/h1-3,5-6,10-11H,4,7-8,14H2,(H,15,17)(H,16,18)/t10?,11-/m0/s1. The second kappa shape index (κ2) is 5.64. The molecule has 18 heavy (non-hydrogen) atoms. The van der Waals surface area contributed by atoms with E-state index in [9.17, 15) is 9.59 Å². The van der Waals surface area contributed by atoms with Gasteiger partial charge < -0.3 is 16.4 Å². The molecule has 0 aromatic heterocycles. The molecular weight excluding hydrogens is 230 g/mol. The molecule has 5 nitrogen and oxygen atoms in total. The maximum atomic E-state index is 11.9. The number of amides is 2. The van der Waals surface area contributed by atoms with Gasteiger partial charge in [-0.15, -0.1) is 0 Å². The summed E-state index contributed by atoms with van der Waals surface area (Å²) in [6.07, 6.45) is 1.54. The molecule has 0 radical (unpaired) electrons. The molecule has 2 atom stereocenters. The predicted molar refractivity (Wildman–Crippen MR) is 67.5 cm³/mol. The van der Waals surface area contributed by atoms with Crippen LogP contribution in [0.3, 0.4) is 0 Å². The van der Waals surface area contributed by atoms with Crippen molar-refractivity contribution < 1.29 is 9.59 Å². The van der Waals surface area contributed by atoms with Gasteiger partial charge in [0.05, 0.1) is 0 Å². The van der Waals surface area contributed by atoms with Crippen molar-refractivity contribution in [3.63, 3.8) is 0 Å². The average Bonchev–Trinajstić information content (AvgIpc) is 2.41. The summed E-state index contributed by atoms with van der Waals surface area (Å²) < 4.78 is 0. The number of benzene rings is 1. The fraction of sp³-hybridized carbons (Fsp3) is 0.385. The number of carbonyl (C=O) groups excluding carboxylic acids is 2. The zero-order valence-corrected chi connectivity index (χ0v) is 10.1. The molecule has 4 N–H and O–H groups in total. The van der Waals surface area contributed by atoms with Gasteiger partial charge in [-0.05, 0) is 18.4 Å². The van der Waals surface area contributed by atoms with Crippen LogP contribution in [0.4, 0.5) is 0 Å². The van der Waals surface area contributed by atoms with Gasteiger partial charge >= 0.3 is 0 Å². The molecule has 0 aliphatic carbocycles. The van der Waals surface area contributed by atoms with Crippen LogP contribution in [0.1, 0.15) is 24.4 Å². The fourth-order valence-electron chi connectivity index (χ4n) is 1.98. The molecule has 0 bridgehead atoms. The molecule has 1 heterocycles. The second-order valence-corrected chi connectivity index (χ2v) is 4.38. The zero-order valence-electron chi connectivity index (χ0n) is 10.1. The smallest absolute Gasteiger partial charge is 0.242 e. The van der Waals surface area contributed by atoms with E-state index in [4.69, 9.17) is 5.73 Å². The zero-order chi connectivity index (χ0) is 13.0. The highest BCUT2D eigenvalue weighted by Crippen LogP contribution is 2.11. The minimum atomic E-state index is -0.735. The highest BCUT2D eigenvalue weighted by molar-refractivity contribution is 5.90. The van der Waals surface area contributed by atoms with Gasteiger partial charge in [-0.2, -0.15) is 0 Å². The van der Waals surface area contributed by atoms with Crippen molar-refractivity contribution >= 4 is 11.8 Å². The Hall–Kier alpha value is -1.88. The van der Waals surface area contributed by atoms with E-state index in [0.29, 0.717) is 13.0 Å². The van der Waals surface area contributed by atoms with Gasteiger partial charge in [-0.1, -0.05) is 30.3 Å². The summed E-state index contributed by atoms with van der Waals surface area (Å²) in [5.41, 5.74) is 6.60. The van der Waals surface area contributed by atoms with Crippen LogP contribution in [0.2, 0.25) is 0 Å². The quantitative estimate of drug-likeness (QED) is 0.707. The SMILES string of the molecule is N[C@H](C(=O)NC1CCCNC1=O)c1ccccc1. The molecule has 1 aromatic carbocycles. The maximum Gasteiger partial charge on any atom is 0.242 e. The molecule has 5 heteroatoms. The van der Waals surface area contributed by atoms with E-state index in [1.165, 1.54) is 0 Å². The molecule has 1 unspecified atom stereocenters. The first-order chi connectivity index (χ1) is 8.68. The lowest BCUT2D eigenvalue weighted by Crippen LogP contribution is -2.52. The number of piperidine rings is 1. The first-order valence-corrected chi connectivity index (χ1v) is 6.07. The third-order valence-corrected chi connectivity index (χ3v) is 3.04. The maximum absolute atomic E-state index is 11.9. The Balaban J connectivity index is 1.97. The van der Waals surface area contributed by atoms with Crippen LogP contribution in [-0.4, -0.2) is 24.4 Å². The number of carbonyl (C=O) groups is 2. The Labute approximate surface area is 106 Å². The Kier molecular flexibility index (Phi) is 3.94. The van der Waals surface area contributed by atoms with Crippen molar-refractivity contribution in [2.45, 2.75) is 24.9 Å². The van der Waals surface area contributed by atoms with Gasteiger partial charge in [0.25, 0.3) is 0 Å². The summed E-state index contributed by atoms with van der Waals surface area (Å²) in [6.45, 7) is 0.677. The molecule has 1 aromatic rings. The summed E-state index contributed by atoms with van der Waals surface area (Å²) >= 11 is 0. The number of nitrogens with two attached hydrogens (primary N) is 1. The van der Waals surface area contributed by atoms with Crippen LogP contribution in [0.5, 0.6) is 0 Å². The molecule has 1 aliphatic rings. The van der Waals surface area contributed by atoms with Gasteiger partial charge in [0, 0.05) is 6.54 Å². The van der Waals surface area contributed by atoms with Crippen molar-refractivity contribution in [3.05, 3.63) is 35.9 Å². The highest BCUT2D eigenvalue weighted by Gasteiger charge is 2.26. The monoisotopic (exact) mass is 247 g/mol. The first kappa shape index (κ1) is 12.6. The molecule has 1 saturated heterocycles. The molecule has 1 aliphatic heterocycles. The normalized spacial score (nSPS) is 20.9. The van der Waals surface area contributed by atoms with Crippen molar-refractivity contribution in [3.8, 4) is 0 Å². The topological polar surface area (TPSA) is 84.2 Å². The molecule has 96 valence electrons. The predicted octanol–water partition coefficient (Wildman–Crippen LogP) is 0.0812. The summed E-state index contributed by atoms with van der Waals surface area (Å²) in [5, 5.41) is 5.41. The lowest BCUT2D eigenvalue weighted by atomic mass is 10.0. The van der Waals surface area contributed by atoms with Crippen molar-refractivity contribution in [1.82, 2.24) is 10.6 Å². The van der Waals surface area contributed by atoms with E-state index >= 15 is 0 Å². The number of hydrogen-bond donors (Lipinski definition) is 3. The minimum Gasteiger partial charge on any atom is -0.354 e. The van der Waals surface area contributed by atoms with Crippen LogP contribution in [0.25, 0.3) is 0 Å². The van der Waals surface area contributed by atoms with E-state index < -0.39 is 12.1 Å². The van der Waals surface area contributed by atoms with E-state index in [2.05, 4.69) is 10.6 Å². The Morgan fingerprint density at radius 2 is 2.11 bits per heavy atom. The van der Waals surface area contributed by atoms with Crippen molar-refractivity contribution in [2.75, 3.05) is 6.54 Å². The van der Waals surface area contributed by atoms with E-state index in [1.54, 1.807) is 12.1 Å². The second-order valence-electron chi connectivity index (χ2n) is 4.38. The summed E-state index contributed by atoms with van der Waals surface area (Å²) in [4.78, 5) is 23.5. The van der Waals surface area contributed by atoms with E-state index in [0.717, 1.165) is 12.0 Å². The van der Waals surface area contributed by atoms with Crippen LogP contribution in [-0.2, 0) is 9.59 Å². The Bertz CT molecular complexity index is 433. The van der Waals surface area contributed by atoms with E-state index in [1.807, 2.05) is 18.2 Å². The van der Waals surface area contributed by atoms with Crippen LogP contribution in [0.15, 0.2) is 30.3 Å². The molecule has 2 amide bonds. The van der Waals surface area contributed by atoms with Crippen LogP contribution >= 0.6 is 0 Å². The molecule has 0 saturated carbocycles. The van der Waals surface area contributed by atoms with E-state index in [-0.39, 0.29) is 11.8 Å². The highest BCUT2D eigenvalue weighted by atomic mass is 16.2. The molecule has 2 rings (SSSR count). The lowest BCUT2D eigenvalue weighted by Gasteiger charge is -2.24. The van der Waals surface area contributed by atoms with Gasteiger partial charge in [-0.25, -0.2) is 0 Å². The first-order valence-electron chi connectivity index (χ1n) is 6.07. The fourth-order valence-corrected chi connectivity index (χ4v) is 1.98. The van der Waals surface area contributed by atoms with Gasteiger partial charge in [0.15, 0.2) is 0 Å². The Morgan fingerprint density at radius 3 is 2.78 bits per heavy atom. The number of rotatable bonds is 3. The molecular formula is C13H17N3O2. The average molecular weight is 247 g/mol. The third kappa shape index (κ3) is 2.87. The van der Waals surface area contributed by atoms with Crippen molar-refractivity contribution in [2.24, 2.45) is 5.73 Å². The van der Waals surface area contributed by atoms with Gasteiger partial charge in [-0.3, -0.25) is 9.59 Å². The summed E-state index contributed by atoms with van der Waals surface area (Å²) in [6, 6.07) is 7.92. The molecule has 1 fully saturated rings. The number of nitrogens with one attached hydrogen (secondary N) is 2. The lowest BCUT2D eigenvalue weighted by molar-refractivity contribution is -0.130. The minimum absolute atomic E-state index is 0.130. The third-order valence-electron chi connectivity index (χ3n) is 3.04. The summed E-state index contributed by atoms with van der Waals surface area (Å²) in [5.74, 6) is -0.446. The number of hydrogen-bond acceptors (Lipinski definition) is 3. The van der Waals surface area contributed by atoms with Gasteiger partial charge in [0.2, 0.25) is 11.8 Å². The van der Waals surface area contributed by atoms with Gasteiger partial charge in [0.1, 0.15) is 12.1 Å². The van der Waals surface area contributed by atoms with Crippen LogP contribution in [0, 0.1) is 0 Å². The van der Waals surface area contributed by atoms with Crippen molar-refractivity contribution in [1.29, 1.82) is 0 Å².